The molecule has 4 nitrogen and oxygen atoms in total. The molecule has 11 aromatic rings. The van der Waals surface area contributed by atoms with Gasteiger partial charge in [-0.05, 0) is 64.0 Å². The van der Waals surface area contributed by atoms with Gasteiger partial charge in [-0.1, -0.05) is 170 Å². The van der Waals surface area contributed by atoms with Crippen LogP contribution in [-0.2, 0) is 0 Å². The minimum atomic E-state index is 0.897. The van der Waals surface area contributed by atoms with Crippen molar-refractivity contribution in [3.8, 4) is 61.7 Å². The van der Waals surface area contributed by atoms with Crippen molar-refractivity contribution in [2.45, 2.75) is 0 Å². The number of pyridine rings is 2. The molecule has 0 radical (unpaired) electrons. The summed E-state index contributed by atoms with van der Waals surface area (Å²) in [6, 6.07) is 72.6. The lowest BCUT2D eigenvalue weighted by molar-refractivity contribution is 0.918. The van der Waals surface area contributed by atoms with E-state index in [1.165, 1.54) is 0 Å². The van der Waals surface area contributed by atoms with Crippen LogP contribution in [0.25, 0.3) is 105 Å². The fourth-order valence-corrected chi connectivity index (χ4v) is 8.27. The number of rotatable bonds is 6. The number of para-hydroxylation sites is 1. The molecule has 0 unspecified atom stereocenters. The number of nitrogens with zero attached hydrogens (tertiary/aromatic N) is 4. The van der Waals surface area contributed by atoms with Gasteiger partial charge in [-0.25, -0.2) is 14.6 Å². The van der Waals surface area contributed by atoms with E-state index in [0.29, 0.717) is 0 Å². The van der Waals surface area contributed by atoms with Crippen LogP contribution in [0.5, 0.6) is 0 Å². The molecule has 3 heterocycles. The van der Waals surface area contributed by atoms with Gasteiger partial charge in [0.25, 0.3) is 0 Å². The number of hydrogen-bond donors (Lipinski definition) is 0. The molecular weight excluding hydrogens is 693 g/mol. The summed E-state index contributed by atoms with van der Waals surface area (Å²) in [6.45, 7) is 0. The van der Waals surface area contributed by atoms with E-state index in [4.69, 9.17) is 15.1 Å². The summed E-state index contributed by atoms with van der Waals surface area (Å²) < 4.78 is 2.15. The van der Waals surface area contributed by atoms with E-state index in [0.717, 1.165) is 105 Å². The molecule has 0 N–H and O–H groups in total. The van der Waals surface area contributed by atoms with Crippen molar-refractivity contribution in [1.29, 1.82) is 0 Å². The Morgan fingerprint density at radius 3 is 1.53 bits per heavy atom. The average molecular weight is 727 g/mol. The van der Waals surface area contributed by atoms with Crippen LogP contribution in [0.3, 0.4) is 0 Å². The minimum Gasteiger partial charge on any atom is -0.245 e. The molecule has 8 aromatic carbocycles. The molecule has 0 aliphatic rings. The lowest BCUT2D eigenvalue weighted by Gasteiger charge is -2.15. The quantitative estimate of drug-likeness (QED) is 0.160. The Labute approximate surface area is 330 Å². The molecule has 0 atom stereocenters. The summed E-state index contributed by atoms with van der Waals surface area (Å²) in [5, 5.41) is 11.0. The monoisotopic (exact) mass is 726 g/mol. The van der Waals surface area contributed by atoms with Gasteiger partial charge in [-0.15, -0.1) is 0 Å². The highest BCUT2D eigenvalue weighted by Crippen LogP contribution is 2.45. The number of aromatic nitrogens is 4. The largest absolute Gasteiger partial charge is 0.245 e. The lowest BCUT2D eigenvalue weighted by Crippen LogP contribution is -1.97. The van der Waals surface area contributed by atoms with Crippen LogP contribution in [0.2, 0.25) is 0 Å². The first kappa shape index (κ1) is 32.7. The second kappa shape index (κ2) is 13.6. The van der Waals surface area contributed by atoms with E-state index < -0.39 is 0 Å². The molecule has 57 heavy (non-hydrogen) atoms. The molecule has 4 heteroatoms. The minimum absolute atomic E-state index is 0.897. The van der Waals surface area contributed by atoms with Gasteiger partial charge in [0, 0.05) is 38.2 Å². The zero-order valence-electron chi connectivity index (χ0n) is 30.9. The van der Waals surface area contributed by atoms with E-state index in [1.54, 1.807) is 0 Å². The van der Waals surface area contributed by atoms with Gasteiger partial charge in [0.15, 0.2) is 0 Å². The van der Waals surface area contributed by atoms with Gasteiger partial charge in [0.1, 0.15) is 5.69 Å². The zero-order chi connectivity index (χ0) is 37.7. The van der Waals surface area contributed by atoms with E-state index in [2.05, 4.69) is 205 Å². The second-order valence-electron chi connectivity index (χ2n) is 14.4. The smallest absolute Gasteiger partial charge is 0.101 e. The summed E-state index contributed by atoms with van der Waals surface area (Å²) in [5.41, 5.74) is 14.4. The zero-order valence-corrected chi connectivity index (χ0v) is 30.9. The van der Waals surface area contributed by atoms with E-state index in [1.807, 2.05) is 6.07 Å². The van der Waals surface area contributed by atoms with Gasteiger partial charge in [0.2, 0.25) is 0 Å². The maximum absolute atomic E-state index is 5.45. The number of hydrogen-bond acceptors (Lipinski definition) is 3. The Bertz CT molecular complexity index is 3260. The molecule has 0 aliphatic heterocycles. The molecule has 0 saturated carbocycles. The Kier molecular flexibility index (Phi) is 7.78. The summed E-state index contributed by atoms with van der Waals surface area (Å²) in [7, 11) is 0. The number of fused-ring (bicyclic) bond motifs is 6. The lowest BCUT2D eigenvalue weighted by atomic mass is 9.90. The van der Waals surface area contributed by atoms with Crippen molar-refractivity contribution in [2.75, 3.05) is 0 Å². The predicted octanol–water partition coefficient (Wildman–Crippen LogP) is 13.6. The molecule has 11 rings (SSSR count). The van der Waals surface area contributed by atoms with Gasteiger partial charge in [-0.2, -0.15) is 5.10 Å². The van der Waals surface area contributed by atoms with Gasteiger partial charge >= 0.3 is 0 Å². The van der Waals surface area contributed by atoms with Gasteiger partial charge in [-0.3, -0.25) is 0 Å². The van der Waals surface area contributed by atoms with Crippen molar-refractivity contribution in [3.63, 3.8) is 0 Å². The van der Waals surface area contributed by atoms with E-state index >= 15 is 0 Å². The first-order chi connectivity index (χ1) is 28.3. The molecular formula is C53H34N4. The Morgan fingerprint density at radius 2 is 0.860 bits per heavy atom. The van der Waals surface area contributed by atoms with E-state index in [-0.39, 0.29) is 0 Å². The summed E-state index contributed by atoms with van der Waals surface area (Å²) in [4.78, 5) is 10.5. The maximum atomic E-state index is 5.45. The van der Waals surface area contributed by atoms with Crippen molar-refractivity contribution >= 4 is 43.5 Å². The van der Waals surface area contributed by atoms with Crippen LogP contribution in [0.4, 0.5) is 0 Å². The van der Waals surface area contributed by atoms with Crippen LogP contribution in [-0.4, -0.2) is 19.7 Å². The van der Waals surface area contributed by atoms with Crippen molar-refractivity contribution < 1.29 is 0 Å². The van der Waals surface area contributed by atoms with Crippen molar-refractivity contribution in [3.05, 3.63) is 206 Å². The Hall–Kier alpha value is -7.69. The highest BCUT2D eigenvalue weighted by atomic mass is 15.3. The molecule has 0 spiro atoms. The molecule has 0 amide bonds. The number of benzene rings is 8. The van der Waals surface area contributed by atoms with Crippen molar-refractivity contribution in [2.24, 2.45) is 0 Å². The third-order valence-corrected chi connectivity index (χ3v) is 11.0. The maximum Gasteiger partial charge on any atom is 0.101 e. The summed E-state index contributed by atoms with van der Waals surface area (Å²) >= 11 is 0. The first-order valence-corrected chi connectivity index (χ1v) is 19.3. The third-order valence-electron chi connectivity index (χ3n) is 11.0. The SMILES string of the molecule is c1ccc(-c2ccc3ccc4ccc(-c5cccc(-c6cccc7cc(-c8ccccc8)c8c(-c9ccccc9)nn(-c9ccccc9)c8c67)c5)nc4c3n2)cc1. The highest BCUT2D eigenvalue weighted by Gasteiger charge is 2.23. The molecule has 3 aromatic heterocycles. The van der Waals surface area contributed by atoms with Crippen LogP contribution >= 0.6 is 0 Å². The first-order valence-electron chi connectivity index (χ1n) is 19.3. The van der Waals surface area contributed by atoms with Gasteiger partial charge < -0.3 is 0 Å². The second-order valence-corrected chi connectivity index (χ2v) is 14.4. The molecule has 266 valence electrons. The topological polar surface area (TPSA) is 43.6 Å². The van der Waals surface area contributed by atoms with Gasteiger partial charge in [0.05, 0.1) is 33.6 Å². The van der Waals surface area contributed by atoms with Crippen LogP contribution in [0, 0.1) is 0 Å². The fourth-order valence-electron chi connectivity index (χ4n) is 8.27. The van der Waals surface area contributed by atoms with Crippen LogP contribution in [0.1, 0.15) is 0 Å². The van der Waals surface area contributed by atoms with Crippen LogP contribution in [0.15, 0.2) is 206 Å². The Morgan fingerprint density at radius 1 is 0.333 bits per heavy atom. The predicted molar refractivity (Wildman–Crippen MR) is 236 cm³/mol. The molecule has 0 bridgehead atoms. The molecule has 0 saturated heterocycles. The standard InChI is InChI=1S/C53H34N4/c1-5-15-35(16-6-1)45-34-42-23-14-26-44(48(42)53-49(45)50(37-19-9-3-10-20-37)56-57(53)43-24-11-4-12-25-43)40-21-13-22-41(33-40)47-32-30-39-28-27-38-29-31-46(36-17-7-2-8-18-36)54-51(38)52(39)55-47/h1-34H. The van der Waals surface area contributed by atoms with Crippen LogP contribution < -0.4 is 0 Å². The Balaban J connectivity index is 1.15. The average Bonchev–Trinajstić information content (AvgIpc) is 3.70. The summed E-state index contributed by atoms with van der Waals surface area (Å²) in [6.07, 6.45) is 0. The molecule has 0 fully saturated rings. The van der Waals surface area contributed by atoms with Crippen molar-refractivity contribution in [1.82, 2.24) is 19.7 Å². The van der Waals surface area contributed by atoms with E-state index in [9.17, 15) is 0 Å². The third kappa shape index (κ3) is 5.66. The molecule has 0 aliphatic carbocycles. The normalized spacial score (nSPS) is 11.5. The highest BCUT2D eigenvalue weighted by molar-refractivity contribution is 6.21. The fraction of sp³-hybridized carbons (Fsp3) is 0. The summed E-state index contributed by atoms with van der Waals surface area (Å²) in [5.74, 6) is 0.